The molecule has 0 saturated heterocycles. The van der Waals surface area contributed by atoms with Crippen molar-refractivity contribution in [2.24, 2.45) is 5.73 Å². The van der Waals surface area contributed by atoms with Crippen molar-refractivity contribution in [3.8, 4) is 0 Å². The lowest BCUT2D eigenvalue weighted by atomic mass is 10.2. The van der Waals surface area contributed by atoms with E-state index >= 15 is 0 Å². The lowest BCUT2D eigenvalue weighted by Gasteiger charge is -2.00. The number of hydrogen-bond donors (Lipinski definition) is 2. The van der Waals surface area contributed by atoms with Crippen LogP contribution in [-0.2, 0) is 0 Å². The minimum atomic E-state index is -0.580. The molecule has 1 heterocycles. The summed E-state index contributed by atoms with van der Waals surface area (Å²) < 4.78 is 4.72. The fraction of sp³-hybridized carbons (Fsp3) is 0.333. The van der Waals surface area contributed by atoms with Crippen LogP contribution >= 0.6 is 0 Å². The monoisotopic (exact) mass is 127 g/mol. The number of aliphatic hydroxyl groups excluding tert-OH is 1. The standard InChI is InChI=1S/C6H9NO2/c7-3-6(8)5-1-2-9-4-5/h1-2,4,6,8H,3,7H2/t6-/m1/s1. The molecule has 9 heavy (non-hydrogen) atoms. The molecule has 0 amide bonds. The molecule has 3 N–H and O–H groups in total. The Hall–Kier alpha value is -0.800. The van der Waals surface area contributed by atoms with Crippen molar-refractivity contribution >= 4 is 0 Å². The highest BCUT2D eigenvalue weighted by atomic mass is 16.3. The molecule has 0 unspecified atom stereocenters. The first-order valence-electron chi connectivity index (χ1n) is 2.75. The summed E-state index contributed by atoms with van der Waals surface area (Å²) in [6.07, 6.45) is 2.41. The third-order valence-corrected chi connectivity index (χ3v) is 1.15. The van der Waals surface area contributed by atoms with Gasteiger partial charge in [-0.25, -0.2) is 0 Å². The molecule has 0 aromatic carbocycles. The Morgan fingerprint density at radius 2 is 2.56 bits per heavy atom. The summed E-state index contributed by atoms with van der Waals surface area (Å²) in [5.74, 6) is 0. The molecule has 0 bridgehead atoms. The molecule has 0 fully saturated rings. The number of rotatable bonds is 2. The summed E-state index contributed by atoms with van der Waals surface area (Å²) in [4.78, 5) is 0. The topological polar surface area (TPSA) is 59.4 Å². The summed E-state index contributed by atoms with van der Waals surface area (Å²) in [5, 5.41) is 9.03. The molecule has 50 valence electrons. The molecular formula is C6H9NO2. The van der Waals surface area contributed by atoms with Crippen LogP contribution in [-0.4, -0.2) is 11.7 Å². The largest absolute Gasteiger partial charge is 0.472 e. The SMILES string of the molecule is NC[C@@H](O)c1ccoc1. The van der Waals surface area contributed by atoms with Crippen LogP contribution in [0.3, 0.4) is 0 Å². The Morgan fingerprint density at radius 1 is 1.78 bits per heavy atom. The third kappa shape index (κ3) is 1.31. The van der Waals surface area contributed by atoms with E-state index in [0.717, 1.165) is 5.56 Å². The second kappa shape index (κ2) is 2.66. The molecule has 0 saturated carbocycles. The minimum absolute atomic E-state index is 0.236. The van der Waals surface area contributed by atoms with Crippen molar-refractivity contribution in [1.82, 2.24) is 0 Å². The van der Waals surface area contributed by atoms with Gasteiger partial charge >= 0.3 is 0 Å². The average molecular weight is 127 g/mol. The van der Waals surface area contributed by atoms with E-state index in [1.54, 1.807) is 6.07 Å². The van der Waals surface area contributed by atoms with Gasteiger partial charge in [-0.05, 0) is 6.07 Å². The zero-order valence-corrected chi connectivity index (χ0v) is 4.95. The third-order valence-electron chi connectivity index (χ3n) is 1.15. The van der Waals surface area contributed by atoms with Gasteiger partial charge in [-0.1, -0.05) is 0 Å². The van der Waals surface area contributed by atoms with Crippen molar-refractivity contribution < 1.29 is 9.52 Å². The molecule has 1 aromatic rings. The summed E-state index contributed by atoms with van der Waals surface area (Å²) >= 11 is 0. The first kappa shape index (κ1) is 6.32. The van der Waals surface area contributed by atoms with Crippen molar-refractivity contribution in [3.05, 3.63) is 24.2 Å². The highest BCUT2D eigenvalue weighted by molar-refractivity contribution is 5.08. The first-order valence-corrected chi connectivity index (χ1v) is 2.75. The van der Waals surface area contributed by atoms with Crippen molar-refractivity contribution in [1.29, 1.82) is 0 Å². The fourth-order valence-electron chi connectivity index (χ4n) is 0.601. The highest BCUT2D eigenvalue weighted by Gasteiger charge is 2.03. The van der Waals surface area contributed by atoms with Gasteiger partial charge in [0.1, 0.15) is 0 Å². The number of nitrogens with two attached hydrogens (primary N) is 1. The van der Waals surface area contributed by atoms with Crippen LogP contribution in [0.15, 0.2) is 23.0 Å². The molecule has 3 heteroatoms. The van der Waals surface area contributed by atoms with Crippen LogP contribution in [0, 0.1) is 0 Å². The van der Waals surface area contributed by atoms with Crippen LogP contribution in [0.5, 0.6) is 0 Å². The fourth-order valence-corrected chi connectivity index (χ4v) is 0.601. The van der Waals surface area contributed by atoms with Crippen molar-refractivity contribution in [2.45, 2.75) is 6.10 Å². The number of hydrogen-bond acceptors (Lipinski definition) is 3. The first-order chi connectivity index (χ1) is 4.34. The Balaban J connectivity index is 2.65. The lowest BCUT2D eigenvalue weighted by Crippen LogP contribution is -2.10. The lowest BCUT2D eigenvalue weighted by molar-refractivity contribution is 0.186. The van der Waals surface area contributed by atoms with Gasteiger partial charge < -0.3 is 15.3 Å². The molecule has 3 nitrogen and oxygen atoms in total. The van der Waals surface area contributed by atoms with E-state index in [-0.39, 0.29) is 6.54 Å². The van der Waals surface area contributed by atoms with E-state index in [1.807, 2.05) is 0 Å². The molecule has 0 aliphatic heterocycles. The van der Waals surface area contributed by atoms with Gasteiger partial charge in [0, 0.05) is 12.1 Å². The highest BCUT2D eigenvalue weighted by Crippen LogP contribution is 2.10. The van der Waals surface area contributed by atoms with Crippen LogP contribution in [0.25, 0.3) is 0 Å². The predicted molar refractivity (Wildman–Crippen MR) is 32.7 cm³/mol. The van der Waals surface area contributed by atoms with Gasteiger partial charge in [-0.15, -0.1) is 0 Å². The molecule has 1 atom stereocenters. The maximum Gasteiger partial charge on any atom is 0.0961 e. The summed E-state index contributed by atoms with van der Waals surface area (Å²) in [7, 11) is 0. The second-order valence-corrected chi connectivity index (χ2v) is 1.81. The maximum absolute atomic E-state index is 9.03. The summed E-state index contributed by atoms with van der Waals surface area (Å²) in [6, 6.07) is 1.69. The Labute approximate surface area is 53.1 Å². The van der Waals surface area contributed by atoms with Gasteiger partial charge in [-0.2, -0.15) is 0 Å². The maximum atomic E-state index is 9.03. The number of furan rings is 1. The minimum Gasteiger partial charge on any atom is -0.472 e. The van der Waals surface area contributed by atoms with Gasteiger partial charge in [0.25, 0.3) is 0 Å². The van der Waals surface area contributed by atoms with E-state index in [0.29, 0.717) is 0 Å². The number of aliphatic hydroxyl groups is 1. The Bertz CT molecular complexity index is 160. The molecular weight excluding hydrogens is 118 g/mol. The summed E-state index contributed by atoms with van der Waals surface area (Å²) in [6.45, 7) is 0.236. The van der Waals surface area contributed by atoms with E-state index in [4.69, 9.17) is 15.3 Å². The zero-order chi connectivity index (χ0) is 6.69. The van der Waals surface area contributed by atoms with E-state index < -0.39 is 6.10 Å². The van der Waals surface area contributed by atoms with Crippen LogP contribution in [0.4, 0.5) is 0 Å². The van der Waals surface area contributed by atoms with Crippen LogP contribution < -0.4 is 5.73 Å². The van der Waals surface area contributed by atoms with Gasteiger partial charge in [0.2, 0.25) is 0 Å². The van der Waals surface area contributed by atoms with Crippen molar-refractivity contribution in [2.75, 3.05) is 6.54 Å². The quantitative estimate of drug-likeness (QED) is 0.599. The Kier molecular flexibility index (Phi) is 1.87. The average Bonchev–Trinajstić information content (AvgIpc) is 2.37. The normalized spacial score (nSPS) is 13.6. The predicted octanol–water partition coefficient (Wildman–Crippen LogP) is 0.272. The Morgan fingerprint density at radius 3 is 3.00 bits per heavy atom. The van der Waals surface area contributed by atoms with Gasteiger partial charge in [-0.3, -0.25) is 0 Å². The van der Waals surface area contributed by atoms with E-state index in [2.05, 4.69) is 0 Å². The summed E-state index contributed by atoms with van der Waals surface area (Å²) in [5.41, 5.74) is 5.91. The van der Waals surface area contributed by atoms with Crippen LogP contribution in [0.1, 0.15) is 11.7 Å². The van der Waals surface area contributed by atoms with Gasteiger partial charge in [0.15, 0.2) is 0 Å². The molecule has 1 rings (SSSR count). The molecule has 0 aliphatic rings. The zero-order valence-electron chi connectivity index (χ0n) is 4.95. The molecule has 1 aromatic heterocycles. The van der Waals surface area contributed by atoms with Crippen molar-refractivity contribution in [3.63, 3.8) is 0 Å². The van der Waals surface area contributed by atoms with Crippen LogP contribution in [0.2, 0.25) is 0 Å². The van der Waals surface area contributed by atoms with Gasteiger partial charge in [0.05, 0.1) is 18.6 Å². The second-order valence-electron chi connectivity index (χ2n) is 1.81. The molecule has 0 spiro atoms. The van der Waals surface area contributed by atoms with E-state index in [9.17, 15) is 0 Å². The smallest absolute Gasteiger partial charge is 0.0961 e. The van der Waals surface area contributed by atoms with E-state index in [1.165, 1.54) is 12.5 Å². The molecule has 0 radical (unpaired) electrons. The molecule has 0 aliphatic carbocycles.